The lowest BCUT2D eigenvalue weighted by Gasteiger charge is -2.35. The Balaban J connectivity index is 1.38. The van der Waals surface area contributed by atoms with E-state index in [1.54, 1.807) is 0 Å². The van der Waals surface area contributed by atoms with Crippen molar-refractivity contribution >= 4 is 22.7 Å². The summed E-state index contributed by atoms with van der Waals surface area (Å²) in [6, 6.07) is 15.9. The molecule has 1 aliphatic carbocycles. The molecule has 1 saturated carbocycles. The lowest BCUT2D eigenvalue weighted by Crippen LogP contribution is -2.37. The lowest BCUT2D eigenvalue weighted by atomic mass is 9.74. The van der Waals surface area contributed by atoms with Crippen molar-refractivity contribution < 1.29 is 37.3 Å². The molecule has 0 N–H and O–H groups in total. The highest BCUT2D eigenvalue weighted by Gasteiger charge is 2.40. The molecule has 0 aliphatic heterocycles. The zero-order valence-electron chi connectivity index (χ0n) is 20.2. The Morgan fingerprint density at radius 2 is 1.75 bits per heavy atom. The molecule has 3 aromatic carbocycles. The van der Waals surface area contributed by atoms with Gasteiger partial charge >= 0.3 is 11.9 Å². The summed E-state index contributed by atoms with van der Waals surface area (Å²) in [7, 11) is 1.16. The monoisotopic (exact) mass is 498 g/mol. The molecule has 0 atom stereocenters. The van der Waals surface area contributed by atoms with E-state index in [1.165, 1.54) is 0 Å². The number of alkyl halides is 1. The number of fused-ring (bicyclic) bond motifs is 1. The summed E-state index contributed by atoms with van der Waals surface area (Å²) in [6.45, 7) is 0.833. The fraction of sp³-hybridized carbons (Fsp3) is 0.357. The quantitative estimate of drug-likeness (QED) is 0.347. The summed E-state index contributed by atoms with van der Waals surface area (Å²) in [5, 5.41) is 2.13. The molecular formula is C28H28F2O6. The maximum absolute atomic E-state index is 14.6. The molecule has 0 bridgehead atoms. The number of benzene rings is 3. The number of halogens is 2. The molecule has 0 unspecified atom stereocenters. The van der Waals surface area contributed by atoms with E-state index in [1.807, 2.05) is 49.4 Å². The van der Waals surface area contributed by atoms with Gasteiger partial charge in [0, 0.05) is 12.1 Å². The van der Waals surface area contributed by atoms with Crippen LogP contribution in [0, 0.1) is 11.2 Å². The SMILES string of the molecule is COC(=O)c1cc(OC2CCC(C)(C(=O)OCc3cccc4ccccc34)CC2)c(F)cc1OCF. The van der Waals surface area contributed by atoms with Gasteiger partial charge < -0.3 is 18.9 Å². The number of hydrogen-bond acceptors (Lipinski definition) is 6. The highest BCUT2D eigenvalue weighted by molar-refractivity contribution is 5.93. The van der Waals surface area contributed by atoms with E-state index in [0.29, 0.717) is 25.7 Å². The van der Waals surface area contributed by atoms with Crippen LogP contribution in [-0.4, -0.2) is 32.0 Å². The van der Waals surface area contributed by atoms with Crippen LogP contribution in [-0.2, 0) is 20.9 Å². The van der Waals surface area contributed by atoms with Crippen LogP contribution >= 0.6 is 0 Å². The zero-order valence-corrected chi connectivity index (χ0v) is 20.2. The van der Waals surface area contributed by atoms with Crippen LogP contribution in [0.3, 0.4) is 0 Å². The van der Waals surface area contributed by atoms with E-state index >= 15 is 0 Å². The van der Waals surface area contributed by atoms with Crippen molar-refractivity contribution in [2.24, 2.45) is 5.41 Å². The molecule has 190 valence electrons. The van der Waals surface area contributed by atoms with E-state index in [4.69, 9.17) is 14.2 Å². The third-order valence-corrected chi connectivity index (χ3v) is 6.71. The van der Waals surface area contributed by atoms with Crippen LogP contribution in [0.2, 0.25) is 0 Å². The van der Waals surface area contributed by atoms with Gasteiger partial charge in [-0.1, -0.05) is 42.5 Å². The Morgan fingerprint density at radius 1 is 1.03 bits per heavy atom. The fourth-order valence-corrected chi connectivity index (χ4v) is 4.54. The van der Waals surface area contributed by atoms with Crippen molar-refractivity contribution in [3.05, 3.63) is 71.5 Å². The normalized spacial score (nSPS) is 19.5. The van der Waals surface area contributed by atoms with E-state index in [-0.39, 0.29) is 35.7 Å². The fourth-order valence-electron chi connectivity index (χ4n) is 4.54. The Bertz CT molecular complexity index is 1240. The number of esters is 2. The maximum atomic E-state index is 14.6. The molecule has 1 aliphatic rings. The predicted octanol–water partition coefficient (Wildman–Crippen LogP) is 6.14. The number of hydrogen-bond donors (Lipinski definition) is 0. The van der Waals surface area contributed by atoms with E-state index in [0.717, 1.165) is 35.6 Å². The molecular weight excluding hydrogens is 470 g/mol. The molecule has 0 aromatic heterocycles. The van der Waals surface area contributed by atoms with Crippen LogP contribution in [0.25, 0.3) is 10.8 Å². The number of carbonyl (C=O) groups is 2. The number of carbonyl (C=O) groups excluding carboxylic acids is 2. The van der Waals surface area contributed by atoms with E-state index < -0.39 is 24.1 Å². The molecule has 8 heteroatoms. The van der Waals surface area contributed by atoms with Crippen LogP contribution in [0.4, 0.5) is 8.78 Å². The van der Waals surface area contributed by atoms with Crippen molar-refractivity contribution in [3.8, 4) is 11.5 Å². The van der Waals surface area contributed by atoms with Crippen LogP contribution in [0.1, 0.15) is 48.5 Å². The highest BCUT2D eigenvalue weighted by Crippen LogP contribution is 2.40. The third kappa shape index (κ3) is 5.42. The van der Waals surface area contributed by atoms with Crippen molar-refractivity contribution in [1.82, 2.24) is 0 Å². The summed E-state index contributed by atoms with van der Waals surface area (Å²) in [6.07, 6.45) is 1.63. The summed E-state index contributed by atoms with van der Waals surface area (Å²) in [5.74, 6) is -2.28. The van der Waals surface area contributed by atoms with Crippen molar-refractivity contribution in [2.45, 2.75) is 45.3 Å². The number of rotatable bonds is 8. The Kier molecular flexibility index (Phi) is 7.72. The first-order chi connectivity index (χ1) is 17.3. The minimum Gasteiger partial charge on any atom is -0.487 e. The molecule has 0 amide bonds. The van der Waals surface area contributed by atoms with Gasteiger partial charge in [0.05, 0.1) is 18.6 Å². The van der Waals surface area contributed by atoms with Crippen LogP contribution < -0.4 is 9.47 Å². The third-order valence-electron chi connectivity index (χ3n) is 6.71. The molecule has 0 radical (unpaired) electrons. The summed E-state index contributed by atoms with van der Waals surface area (Å²) in [5.41, 5.74) is 0.127. The minimum absolute atomic E-state index is 0.135. The smallest absolute Gasteiger partial charge is 0.341 e. The summed E-state index contributed by atoms with van der Waals surface area (Å²) in [4.78, 5) is 25.0. The topological polar surface area (TPSA) is 71.1 Å². The Morgan fingerprint density at radius 3 is 2.47 bits per heavy atom. The molecule has 1 fully saturated rings. The molecule has 6 nitrogen and oxygen atoms in total. The van der Waals surface area contributed by atoms with Gasteiger partial charge in [0.15, 0.2) is 11.6 Å². The Labute approximate surface area is 208 Å². The lowest BCUT2D eigenvalue weighted by molar-refractivity contribution is -0.159. The maximum Gasteiger partial charge on any atom is 0.341 e. The largest absolute Gasteiger partial charge is 0.487 e. The van der Waals surface area contributed by atoms with Crippen molar-refractivity contribution in [2.75, 3.05) is 14.0 Å². The van der Waals surface area contributed by atoms with Crippen LogP contribution in [0.5, 0.6) is 11.5 Å². The molecule has 0 heterocycles. The van der Waals surface area contributed by atoms with Gasteiger partial charge in [-0.15, -0.1) is 0 Å². The second-order valence-electron chi connectivity index (χ2n) is 9.12. The molecule has 36 heavy (non-hydrogen) atoms. The summed E-state index contributed by atoms with van der Waals surface area (Å²) < 4.78 is 48.1. The van der Waals surface area contributed by atoms with Crippen molar-refractivity contribution in [3.63, 3.8) is 0 Å². The predicted molar refractivity (Wildman–Crippen MR) is 129 cm³/mol. The molecule has 4 rings (SSSR count). The van der Waals surface area contributed by atoms with Gasteiger partial charge in [0.2, 0.25) is 6.86 Å². The highest BCUT2D eigenvalue weighted by atomic mass is 19.1. The standard InChI is InChI=1S/C28H28F2O6/c1-28(27(32)34-16-19-8-5-7-18-6-3-4-9-21(18)19)12-10-20(11-13-28)36-25-14-22(26(31)33-2)24(35-17-29)15-23(25)30/h3-9,14-15,20H,10-13,16-17H2,1-2H3. The molecule has 0 spiro atoms. The molecule has 3 aromatic rings. The van der Waals surface area contributed by atoms with Gasteiger partial charge in [0.1, 0.15) is 17.9 Å². The summed E-state index contributed by atoms with van der Waals surface area (Å²) >= 11 is 0. The number of methoxy groups -OCH3 is 1. The average Bonchev–Trinajstić information content (AvgIpc) is 2.89. The average molecular weight is 499 g/mol. The van der Waals surface area contributed by atoms with Crippen molar-refractivity contribution in [1.29, 1.82) is 0 Å². The van der Waals surface area contributed by atoms with Gasteiger partial charge in [-0.25, -0.2) is 13.6 Å². The second kappa shape index (κ2) is 10.9. The zero-order chi connectivity index (χ0) is 25.7. The van der Waals surface area contributed by atoms with E-state index in [9.17, 15) is 18.4 Å². The first-order valence-electron chi connectivity index (χ1n) is 11.8. The van der Waals surface area contributed by atoms with Gasteiger partial charge in [-0.05, 0) is 48.9 Å². The first kappa shape index (κ1) is 25.4. The number of ether oxygens (including phenoxy) is 4. The Hall–Kier alpha value is -3.68. The van der Waals surface area contributed by atoms with Crippen LogP contribution in [0.15, 0.2) is 54.6 Å². The first-order valence-corrected chi connectivity index (χ1v) is 11.8. The minimum atomic E-state index is -1.22. The van der Waals surface area contributed by atoms with Gasteiger partial charge in [-0.2, -0.15) is 0 Å². The van der Waals surface area contributed by atoms with Gasteiger partial charge in [-0.3, -0.25) is 4.79 Å². The molecule has 0 saturated heterocycles. The second-order valence-corrected chi connectivity index (χ2v) is 9.12. The van der Waals surface area contributed by atoms with Gasteiger partial charge in [0.25, 0.3) is 0 Å². The van der Waals surface area contributed by atoms with E-state index in [2.05, 4.69) is 4.74 Å².